The summed E-state index contributed by atoms with van der Waals surface area (Å²) < 4.78 is 17.0. The lowest BCUT2D eigenvalue weighted by atomic mass is 10.0. The molecule has 0 saturated carbocycles. The molecule has 2 amide bonds. The molecular formula is C19H22N2O4. The van der Waals surface area contributed by atoms with Crippen molar-refractivity contribution in [2.24, 2.45) is 0 Å². The number of nitrogens with zero attached hydrogens (tertiary/aromatic N) is 1. The summed E-state index contributed by atoms with van der Waals surface area (Å²) in [4.78, 5) is 14.7. The molecule has 25 heavy (non-hydrogen) atoms. The predicted molar refractivity (Wildman–Crippen MR) is 91.5 cm³/mol. The van der Waals surface area contributed by atoms with Gasteiger partial charge in [0, 0.05) is 18.5 Å². The van der Waals surface area contributed by atoms with E-state index in [1.54, 1.807) is 4.90 Å². The van der Waals surface area contributed by atoms with Gasteiger partial charge in [0.1, 0.15) is 23.3 Å². The number of carbonyl (C=O) groups is 1. The van der Waals surface area contributed by atoms with Gasteiger partial charge in [-0.25, -0.2) is 4.79 Å². The zero-order valence-electron chi connectivity index (χ0n) is 14.2. The first kappa shape index (κ1) is 16.0. The third-order valence-corrected chi connectivity index (χ3v) is 4.74. The minimum Gasteiger partial charge on any atom is -0.493 e. The van der Waals surface area contributed by atoms with E-state index in [1.165, 1.54) is 0 Å². The Hall–Kier alpha value is -2.47. The van der Waals surface area contributed by atoms with Crippen molar-refractivity contribution in [2.45, 2.75) is 25.4 Å². The van der Waals surface area contributed by atoms with Crippen LogP contribution >= 0.6 is 0 Å². The van der Waals surface area contributed by atoms with Gasteiger partial charge in [0.25, 0.3) is 0 Å². The number of rotatable bonds is 2. The van der Waals surface area contributed by atoms with Crippen LogP contribution in [-0.2, 0) is 4.74 Å². The van der Waals surface area contributed by atoms with Gasteiger partial charge in [0.15, 0.2) is 0 Å². The zero-order valence-corrected chi connectivity index (χ0v) is 14.2. The normalized spacial score (nSPS) is 22.8. The van der Waals surface area contributed by atoms with Crippen LogP contribution in [0.2, 0.25) is 0 Å². The number of nitrogens with one attached hydrogen (secondary N) is 1. The van der Waals surface area contributed by atoms with Crippen molar-refractivity contribution in [3.8, 4) is 5.75 Å². The second kappa shape index (κ2) is 6.80. The summed E-state index contributed by atoms with van der Waals surface area (Å²) in [7, 11) is 0. The number of benzene rings is 1. The molecular weight excluding hydrogens is 320 g/mol. The van der Waals surface area contributed by atoms with Crippen molar-refractivity contribution >= 4 is 6.03 Å². The SMILES string of the molecule is Cc1ccc([C@H]2COCCN2C(=O)N[C@H]2CCOc3ccccc32)o1. The van der Waals surface area contributed by atoms with Crippen LogP contribution in [0.3, 0.4) is 0 Å². The Labute approximate surface area is 146 Å². The number of aryl methyl sites for hydroxylation is 1. The molecule has 0 spiro atoms. The van der Waals surface area contributed by atoms with Crippen molar-refractivity contribution < 1.29 is 18.7 Å². The van der Waals surface area contributed by atoms with E-state index in [0.29, 0.717) is 26.4 Å². The summed E-state index contributed by atoms with van der Waals surface area (Å²) in [5.74, 6) is 2.44. The van der Waals surface area contributed by atoms with E-state index in [0.717, 1.165) is 29.3 Å². The van der Waals surface area contributed by atoms with E-state index >= 15 is 0 Å². The summed E-state index contributed by atoms with van der Waals surface area (Å²) in [5.41, 5.74) is 1.03. The second-order valence-corrected chi connectivity index (χ2v) is 6.41. The van der Waals surface area contributed by atoms with Crippen molar-refractivity contribution in [2.75, 3.05) is 26.4 Å². The fourth-order valence-electron chi connectivity index (χ4n) is 3.44. The first-order chi connectivity index (χ1) is 12.2. The third-order valence-electron chi connectivity index (χ3n) is 4.74. The molecule has 6 nitrogen and oxygen atoms in total. The Balaban J connectivity index is 1.52. The monoisotopic (exact) mass is 342 g/mol. The van der Waals surface area contributed by atoms with Crippen LogP contribution in [0.4, 0.5) is 4.79 Å². The molecule has 2 atom stereocenters. The lowest BCUT2D eigenvalue weighted by molar-refractivity contribution is 0.00320. The lowest BCUT2D eigenvalue weighted by Gasteiger charge is -2.36. The summed E-state index contributed by atoms with van der Waals surface area (Å²) in [6.07, 6.45) is 0.762. The van der Waals surface area contributed by atoms with Crippen LogP contribution in [0.25, 0.3) is 0 Å². The van der Waals surface area contributed by atoms with Crippen LogP contribution in [0, 0.1) is 6.92 Å². The molecule has 1 saturated heterocycles. The number of hydrogen-bond acceptors (Lipinski definition) is 4. The molecule has 1 aromatic heterocycles. The Morgan fingerprint density at radius 1 is 1.20 bits per heavy atom. The number of ether oxygens (including phenoxy) is 2. The van der Waals surface area contributed by atoms with E-state index < -0.39 is 0 Å². The Morgan fingerprint density at radius 3 is 2.92 bits per heavy atom. The molecule has 2 aromatic rings. The van der Waals surface area contributed by atoms with Crippen LogP contribution in [0.5, 0.6) is 5.75 Å². The van der Waals surface area contributed by atoms with Gasteiger partial charge in [-0.3, -0.25) is 0 Å². The number of amides is 2. The van der Waals surface area contributed by atoms with Crippen LogP contribution in [0.1, 0.15) is 35.6 Å². The Kier molecular flexibility index (Phi) is 4.36. The van der Waals surface area contributed by atoms with Crippen LogP contribution in [-0.4, -0.2) is 37.3 Å². The highest BCUT2D eigenvalue weighted by Crippen LogP contribution is 2.32. The molecule has 3 heterocycles. The van der Waals surface area contributed by atoms with E-state index in [2.05, 4.69) is 5.32 Å². The molecule has 1 N–H and O–H groups in total. The topological polar surface area (TPSA) is 63.9 Å². The maximum atomic E-state index is 12.9. The average molecular weight is 342 g/mol. The zero-order chi connectivity index (χ0) is 17.2. The van der Waals surface area contributed by atoms with E-state index in [1.807, 2.05) is 43.3 Å². The highest BCUT2D eigenvalue weighted by Gasteiger charge is 2.33. The number of para-hydroxylation sites is 1. The number of carbonyl (C=O) groups excluding carboxylic acids is 1. The Bertz CT molecular complexity index is 757. The van der Waals surface area contributed by atoms with E-state index in [4.69, 9.17) is 13.9 Å². The van der Waals surface area contributed by atoms with Gasteiger partial charge in [-0.2, -0.15) is 0 Å². The largest absolute Gasteiger partial charge is 0.493 e. The van der Waals surface area contributed by atoms with E-state index in [-0.39, 0.29) is 18.1 Å². The van der Waals surface area contributed by atoms with Gasteiger partial charge in [0.2, 0.25) is 0 Å². The summed E-state index contributed by atoms with van der Waals surface area (Å²) in [5, 5.41) is 3.16. The van der Waals surface area contributed by atoms with Crippen molar-refractivity contribution in [1.29, 1.82) is 0 Å². The molecule has 0 radical (unpaired) electrons. The molecule has 6 heteroatoms. The molecule has 4 rings (SSSR count). The molecule has 0 aliphatic carbocycles. The number of urea groups is 1. The molecule has 1 fully saturated rings. The van der Waals surface area contributed by atoms with E-state index in [9.17, 15) is 4.79 Å². The smallest absolute Gasteiger partial charge is 0.318 e. The van der Waals surface area contributed by atoms with Gasteiger partial charge >= 0.3 is 6.03 Å². The quantitative estimate of drug-likeness (QED) is 0.910. The molecule has 2 aliphatic rings. The van der Waals surface area contributed by atoms with Crippen LogP contribution < -0.4 is 10.1 Å². The molecule has 2 aliphatic heterocycles. The first-order valence-corrected chi connectivity index (χ1v) is 8.65. The molecule has 1 aromatic carbocycles. The van der Waals surface area contributed by atoms with Crippen LogP contribution in [0.15, 0.2) is 40.8 Å². The number of morpholine rings is 1. The van der Waals surface area contributed by atoms with Crippen molar-refractivity contribution in [1.82, 2.24) is 10.2 Å². The van der Waals surface area contributed by atoms with Gasteiger partial charge < -0.3 is 24.1 Å². The standard InChI is InChI=1S/C19H22N2O4/c1-13-6-7-18(25-13)16-12-23-11-9-21(16)19(22)20-15-8-10-24-17-5-3-2-4-14(15)17/h2-7,15-16H,8-12H2,1H3,(H,20,22)/t15-,16+/m0/s1. The summed E-state index contributed by atoms with van der Waals surface area (Å²) >= 11 is 0. The summed E-state index contributed by atoms with van der Waals surface area (Å²) in [6, 6.07) is 11.4. The minimum atomic E-state index is -0.197. The second-order valence-electron chi connectivity index (χ2n) is 6.41. The van der Waals surface area contributed by atoms with Gasteiger partial charge in [-0.15, -0.1) is 0 Å². The minimum absolute atomic E-state index is 0.0423. The maximum Gasteiger partial charge on any atom is 0.318 e. The molecule has 132 valence electrons. The fraction of sp³-hybridized carbons (Fsp3) is 0.421. The molecule has 0 bridgehead atoms. The lowest BCUT2D eigenvalue weighted by Crippen LogP contribution is -2.49. The number of hydrogen-bond donors (Lipinski definition) is 1. The van der Waals surface area contributed by atoms with Gasteiger partial charge in [0.05, 0.1) is 25.9 Å². The number of fused-ring (bicyclic) bond motifs is 1. The van der Waals surface area contributed by atoms with Crippen molar-refractivity contribution in [3.05, 3.63) is 53.5 Å². The fourth-order valence-corrected chi connectivity index (χ4v) is 3.44. The van der Waals surface area contributed by atoms with Gasteiger partial charge in [-0.1, -0.05) is 18.2 Å². The van der Waals surface area contributed by atoms with Crippen molar-refractivity contribution in [3.63, 3.8) is 0 Å². The number of furan rings is 1. The molecule has 0 unspecified atom stereocenters. The third kappa shape index (κ3) is 3.22. The van der Waals surface area contributed by atoms with Gasteiger partial charge in [-0.05, 0) is 25.1 Å². The first-order valence-electron chi connectivity index (χ1n) is 8.65. The average Bonchev–Trinajstić information content (AvgIpc) is 3.08. The summed E-state index contributed by atoms with van der Waals surface area (Å²) in [6.45, 7) is 4.03. The predicted octanol–water partition coefficient (Wildman–Crippen LogP) is 3.19. The highest BCUT2D eigenvalue weighted by atomic mass is 16.5. The highest BCUT2D eigenvalue weighted by molar-refractivity contribution is 5.75. The Morgan fingerprint density at radius 2 is 2.08 bits per heavy atom. The maximum absolute atomic E-state index is 12.9.